The largest absolute Gasteiger partial charge is 0.433 e. The number of aryl methyl sites for hydroxylation is 1. The third kappa shape index (κ3) is 3.41. The molecule has 1 saturated carbocycles. The Kier molecular flexibility index (Phi) is 4.28. The van der Waals surface area contributed by atoms with Crippen molar-refractivity contribution < 1.29 is 22.8 Å². The molecule has 0 aromatic carbocycles. The molecule has 152 valence electrons. The van der Waals surface area contributed by atoms with Crippen molar-refractivity contribution in [3.63, 3.8) is 0 Å². The summed E-state index contributed by atoms with van der Waals surface area (Å²) in [5, 5.41) is 10.1. The average molecular weight is 407 g/mol. The minimum Gasteiger partial charge on any atom is -0.364 e. The molecule has 0 unspecified atom stereocenters. The van der Waals surface area contributed by atoms with Crippen LogP contribution in [0.4, 0.5) is 18.9 Å². The van der Waals surface area contributed by atoms with E-state index in [-0.39, 0.29) is 34.2 Å². The Balaban J connectivity index is 1.77. The summed E-state index contributed by atoms with van der Waals surface area (Å²) in [5.74, 6) is -1.68. The van der Waals surface area contributed by atoms with Crippen LogP contribution in [0.25, 0.3) is 5.65 Å². The summed E-state index contributed by atoms with van der Waals surface area (Å²) in [6.07, 6.45) is -0.750. The van der Waals surface area contributed by atoms with E-state index in [9.17, 15) is 22.8 Å². The van der Waals surface area contributed by atoms with Crippen molar-refractivity contribution in [3.8, 4) is 0 Å². The molecule has 3 aromatic rings. The monoisotopic (exact) mass is 407 g/mol. The van der Waals surface area contributed by atoms with Gasteiger partial charge in [-0.15, -0.1) is 0 Å². The third-order valence-corrected chi connectivity index (χ3v) is 4.59. The van der Waals surface area contributed by atoms with Gasteiger partial charge in [-0.05, 0) is 25.8 Å². The molecule has 12 heteroatoms. The van der Waals surface area contributed by atoms with Crippen molar-refractivity contribution in [2.75, 3.05) is 5.32 Å². The standard InChI is InChI=1S/C17H16F3N7O2/c1-2-26-7-11(13(25-26)14(21)28)24-16(29)9-6-22-27-12(17(18,19)20)5-10(8-3-4-8)23-15(9)27/h5-8H,2-4H2,1H3,(H2,21,28)(H,24,29). The highest BCUT2D eigenvalue weighted by molar-refractivity contribution is 6.10. The number of alkyl halides is 3. The van der Waals surface area contributed by atoms with Gasteiger partial charge in [-0.1, -0.05) is 0 Å². The predicted molar refractivity (Wildman–Crippen MR) is 94.3 cm³/mol. The highest BCUT2D eigenvalue weighted by Crippen LogP contribution is 2.41. The number of hydrogen-bond acceptors (Lipinski definition) is 5. The van der Waals surface area contributed by atoms with Gasteiger partial charge >= 0.3 is 6.18 Å². The van der Waals surface area contributed by atoms with E-state index in [4.69, 9.17) is 5.73 Å². The first-order valence-corrected chi connectivity index (χ1v) is 8.83. The summed E-state index contributed by atoms with van der Waals surface area (Å²) in [6, 6.07) is 0.968. The number of nitrogens with two attached hydrogens (primary N) is 1. The Morgan fingerprint density at radius 1 is 1.34 bits per heavy atom. The molecule has 0 radical (unpaired) electrons. The smallest absolute Gasteiger partial charge is 0.364 e. The van der Waals surface area contributed by atoms with Crippen molar-refractivity contribution in [1.82, 2.24) is 24.4 Å². The number of carbonyl (C=O) groups excluding carboxylic acids is 2. The number of amides is 2. The van der Waals surface area contributed by atoms with Crippen molar-refractivity contribution in [3.05, 3.63) is 41.1 Å². The van der Waals surface area contributed by atoms with E-state index >= 15 is 0 Å². The normalized spacial score (nSPS) is 14.3. The van der Waals surface area contributed by atoms with Gasteiger partial charge in [-0.3, -0.25) is 14.3 Å². The first-order valence-electron chi connectivity index (χ1n) is 8.83. The fourth-order valence-electron chi connectivity index (χ4n) is 2.98. The van der Waals surface area contributed by atoms with Gasteiger partial charge < -0.3 is 11.1 Å². The molecular formula is C17H16F3N7O2. The summed E-state index contributed by atoms with van der Waals surface area (Å²) in [4.78, 5) is 28.5. The lowest BCUT2D eigenvalue weighted by Gasteiger charge is -2.11. The van der Waals surface area contributed by atoms with Gasteiger partial charge in [0.1, 0.15) is 11.3 Å². The maximum absolute atomic E-state index is 13.5. The number of halogens is 3. The van der Waals surface area contributed by atoms with E-state index in [0.717, 1.165) is 25.1 Å². The molecule has 29 heavy (non-hydrogen) atoms. The summed E-state index contributed by atoms with van der Waals surface area (Å²) in [5.41, 5.74) is 4.09. The van der Waals surface area contributed by atoms with Gasteiger partial charge in [0.15, 0.2) is 11.3 Å². The van der Waals surface area contributed by atoms with E-state index in [0.29, 0.717) is 11.1 Å². The minimum absolute atomic E-state index is 0.0538. The highest BCUT2D eigenvalue weighted by atomic mass is 19.4. The SMILES string of the molecule is CCn1cc(NC(=O)c2cnn3c(C(F)(F)F)cc(C4CC4)nc23)c(C(N)=O)n1. The van der Waals surface area contributed by atoms with Crippen LogP contribution in [0.3, 0.4) is 0 Å². The number of anilines is 1. The van der Waals surface area contributed by atoms with Crippen LogP contribution in [0.1, 0.15) is 57.9 Å². The molecule has 1 fully saturated rings. The van der Waals surface area contributed by atoms with Gasteiger partial charge in [-0.25, -0.2) is 9.50 Å². The Morgan fingerprint density at radius 2 is 2.07 bits per heavy atom. The fraction of sp³-hybridized carbons (Fsp3) is 0.353. The first-order chi connectivity index (χ1) is 13.7. The lowest BCUT2D eigenvalue weighted by molar-refractivity contribution is -0.142. The van der Waals surface area contributed by atoms with E-state index in [2.05, 4.69) is 20.5 Å². The first kappa shape index (κ1) is 18.9. The minimum atomic E-state index is -4.66. The van der Waals surface area contributed by atoms with Gasteiger partial charge in [0.2, 0.25) is 0 Å². The second-order valence-corrected chi connectivity index (χ2v) is 6.70. The van der Waals surface area contributed by atoms with Crippen molar-refractivity contribution >= 4 is 23.1 Å². The zero-order valence-electron chi connectivity index (χ0n) is 15.2. The Hall–Kier alpha value is -3.44. The summed E-state index contributed by atoms with van der Waals surface area (Å²) < 4.78 is 42.4. The van der Waals surface area contributed by atoms with Crippen LogP contribution >= 0.6 is 0 Å². The second-order valence-electron chi connectivity index (χ2n) is 6.70. The number of primary amides is 1. The molecule has 0 spiro atoms. The molecule has 3 heterocycles. The van der Waals surface area contributed by atoms with Gasteiger partial charge in [0.05, 0.1) is 11.9 Å². The number of rotatable bonds is 5. The van der Waals surface area contributed by atoms with Crippen LogP contribution in [0.5, 0.6) is 0 Å². The Bertz CT molecular complexity index is 1130. The van der Waals surface area contributed by atoms with E-state index in [1.165, 1.54) is 10.9 Å². The van der Waals surface area contributed by atoms with Crippen LogP contribution in [0.15, 0.2) is 18.5 Å². The van der Waals surface area contributed by atoms with Gasteiger partial charge in [0, 0.05) is 24.4 Å². The van der Waals surface area contributed by atoms with E-state index < -0.39 is 23.7 Å². The number of fused-ring (bicyclic) bond motifs is 1. The van der Waals surface area contributed by atoms with E-state index in [1.807, 2.05) is 0 Å². The molecule has 1 aliphatic carbocycles. The number of aromatic nitrogens is 5. The van der Waals surface area contributed by atoms with Crippen LogP contribution in [-0.2, 0) is 12.7 Å². The lowest BCUT2D eigenvalue weighted by atomic mass is 10.2. The molecule has 4 rings (SSSR count). The van der Waals surface area contributed by atoms with E-state index in [1.54, 1.807) is 6.92 Å². The Labute approximate surface area is 161 Å². The number of carbonyl (C=O) groups is 2. The maximum Gasteiger partial charge on any atom is 0.433 e. The molecule has 9 nitrogen and oxygen atoms in total. The number of nitrogens with zero attached hydrogens (tertiary/aromatic N) is 5. The number of hydrogen-bond donors (Lipinski definition) is 2. The molecule has 0 atom stereocenters. The molecular weight excluding hydrogens is 391 g/mol. The average Bonchev–Trinajstić information content (AvgIpc) is 3.28. The van der Waals surface area contributed by atoms with Crippen LogP contribution < -0.4 is 11.1 Å². The molecule has 0 bridgehead atoms. The maximum atomic E-state index is 13.5. The summed E-state index contributed by atoms with van der Waals surface area (Å²) in [7, 11) is 0. The highest BCUT2D eigenvalue weighted by Gasteiger charge is 2.38. The third-order valence-electron chi connectivity index (χ3n) is 4.59. The molecule has 3 N–H and O–H groups in total. The van der Waals surface area contributed by atoms with Gasteiger partial charge in [-0.2, -0.15) is 23.4 Å². The second kappa shape index (κ2) is 6.57. The zero-order valence-corrected chi connectivity index (χ0v) is 15.2. The van der Waals surface area contributed by atoms with Crippen molar-refractivity contribution in [1.29, 1.82) is 0 Å². The summed E-state index contributed by atoms with van der Waals surface area (Å²) >= 11 is 0. The fourth-order valence-corrected chi connectivity index (χ4v) is 2.98. The Morgan fingerprint density at radius 3 is 2.66 bits per heavy atom. The summed E-state index contributed by atoms with van der Waals surface area (Å²) in [6.45, 7) is 2.20. The van der Waals surface area contributed by atoms with Crippen molar-refractivity contribution in [2.24, 2.45) is 5.73 Å². The van der Waals surface area contributed by atoms with Crippen molar-refractivity contribution in [2.45, 2.75) is 38.4 Å². The van der Waals surface area contributed by atoms with Crippen LogP contribution in [-0.4, -0.2) is 36.2 Å². The van der Waals surface area contributed by atoms with Crippen LogP contribution in [0.2, 0.25) is 0 Å². The molecule has 1 aliphatic rings. The topological polar surface area (TPSA) is 120 Å². The van der Waals surface area contributed by atoms with Crippen LogP contribution in [0, 0.1) is 0 Å². The zero-order chi connectivity index (χ0) is 20.9. The molecule has 2 amide bonds. The van der Waals surface area contributed by atoms with Gasteiger partial charge in [0.25, 0.3) is 11.8 Å². The number of nitrogens with one attached hydrogen (secondary N) is 1. The lowest BCUT2D eigenvalue weighted by Crippen LogP contribution is -2.18. The molecule has 3 aromatic heterocycles. The molecule has 0 saturated heterocycles. The molecule has 0 aliphatic heterocycles. The quantitative estimate of drug-likeness (QED) is 0.672. The predicted octanol–water partition coefficient (Wildman–Crippen LogP) is 2.19.